The molecule has 3 atom stereocenters. The van der Waals surface area contributed by atoms with Crippen LogP contribution in [0.3, 0.4) is 0 Å². The van der Waals surface area contributed by atoms with Gasteiger partial charge in [0, 0.05) is 24.4 Å². The van der Waals surface area contributed by atoms with Crippen molar-refractivity contribution in [3.63, 3.8) is 0 Å². The molecule has 3 rings (SSSR count). The van der Waals surface area contributed by atoms with E-state index in [1.54, 1.807) is 18.9 Å². The monoisotopic (exact) mass is 377 g/mol. The molecule has 150 valence electrons. The van der Waals surface area contributed by atoms with Gasteiger partial charge in [-0.2, -0.15) is 0 Å². The number of ether oxygens (including phenoxy) is 2. The third-order valence-electron chi connectivity index (χ3n) is 6.24. The number of benzene rings is 1. The molecule has 1 aromatic rings. The predicted molar refractivity (Wildman–Crippen MR) is 102 cm³/mol. The van der Waals surface area contributed by atoms with Gasteiger partial charge < -0.3 is 24.6 Å². The fourth-order valence-corrected chi connectivity index (χ4v) is 3.98. The normalized spacial score (nSPS) is 26.1. The van der Waals surface area contributed by atoms with E-state index in [4.69, 9.17) is 9.47 Å². The third kappa shape index (κ3) is 4.22. The Kier molecular flexibility index (Phi) is 5.96. The molecule has 0 aromatic heterocycles. The van der Waals surface area contributed by atoms with E-state index < -0.39 is 18.1 Å². The van der Waals surface area contributed by atoms with Crippen LogP contribution >= 0.6 is 0 Å². The Labute approximate surface area is 161 Å². The number of methoxy groups -OCH3 is 1. The summed E-state index contributed by atoms with van der Waals surface area (Å²) in [5, 5.41) is 19.7. The van der Waals surface area contributed by atoms with E-state index in [1.165, 1.54) is 12.8 Å². The van der Waals surface area contributed by atoms with Crippen molar-refractivity contribution in [2.24, 2.45) is 11.3 Å². The molecule has 6 nitrogen and oxygen atoms in total. The van der Waals surface area contributed by atoms with Crippen LogP contribution in [-0.2, 0) is 4.79 Å². The summed E-state index contributed by atoms with van der Waals surface area (Å²) in [6.45, 7) is 4.79. The molecule has 1 aliphatic carbocycles. The van der Waals surface area contributed by atoms with Crippen LogP contribution in [0.4, 0.5) is 0 Å². The Hall–Kier alpha value is -1.79. The first-order valence-corrected chi connectivity index (χ1v) is 9.76. The first-order chi connectivity index (χ1) is 12.9. The number of carbonyl (C=O) groups is 1. The minimum atomic E-state index is -0.597. The van der Waals surface area contributed by atoms with Crippen molar-refractivity contribution in [2.75, 3.05) is 33.4 Å². The topological polar surface area (TPSA) is 79.2 Å². The first-order valence-electron chi connectivity index (χ1n) is 9.76. The molecule has 0 bridgehead atoms. The smallest absolute Gasteiger partial charge is 0.248 e. The number of likely N-dealkylation sites (tertiary alicyclic amines) is 1. The molecule has 1 aromatic carbocycles. The molecule has 0 spiro atoms. The average Bonchev–Trinajstić information content (AvgIpc) is 3.41. The van der Waals surface area contributed by atoms with E-state index in [-0.39, 0.29) is 11.8 Å². The van der Waals surface area contributed by atoms with Crippen molar-refractivity contribution in [2.45, 2.75) is 45.1 Å². The van der Waals surface area contributed by atoms with Crippen LogP contribution in [0.2, 0.25) is 0 Å². The molecule has 1 amide bonds. The zero-order valence-corrected chi connectivity index (χ0v) is 16.5. The van der Waals surface area contributed by atoms with Gasteiger partial charge in [-0.3, -0.25) is 4.79 Å². The van der Waals surface area contributed by atoms with E-state index in [9.17, 15) is 15.0 Å². The largest absolute Gasteiger partial charge is 0.493 e. The summed E-state index contributed by atoms with van der Waals surface area (Å²) in [6.07, 6.45) is 3.05. The van der Waals surface area contributed by atoms with Crippen LogP contribution < -0.4 is 9.47 Å². The van der Waals surface area contributed by atoms with Crippen LogP contribution in [0.15, 0.2) is 18.2 Å². The lowest BCUT2D eigenvalue weighted by Crippen LogP contribution is -2.38. The number of nitrogens with zero attached hydrogens (tertiary/aromatic N) is 1. The highest BCUT2D eigenvalue weighted by atomic mass is 16.5. The van der Waals surface area contributed by atoms with Crippen molar-refractivity contribution in [1.82, 2.24) is 4.90 Å². The minimum absolute atomic E-state index is 0.0512. The molecule has 6 heteroatoms. The summed E-state index contributed by atoms with van der Waals surface area (Å²) in [7, 11) is 1.62. The second kappa shape index (κ2) is 8.07. The van der Waals surface area contributed by atoms with Gasteiger partial charge in [0.15, 0.2) is 11.5 Å². The van der Waals surface area contributed by atoms with Crippen LogP contribution in [0.5, 0.6) is 11.5 Å². The van der Waals surface area contributed by atoms with Gasteiger partial charge in [-0.1, -0.05) is 25.8 Å². The van der Waals surface area contributed by atoms with Gasteiger partial charge in [-0.15, -0.1) is 0 Å². The van der Waals surface area contributed by atoms with Crippen LogP contribution in [0.1, 0.15) is 44.6 Å². The fourth-order valence-electron chi connectivity index (χ4n) is 3.98. The molecule has 2 fully saturated rings. The number of hydrogen-bond acceptors (Lipinski definition) is 5. The average molecular weight is 377 g/mol. The Morgan fingerprint density at radius 1 is 1.37 bits per heavy atom. The highest BCUT2D eigenvalue weighted by Gasteiger charge is 2.48. The zero-order chi connectivity index (χ0) is 19.6. The van der Waals surface area contributed by atoms with Gasteiger partial charge in [0.2, 0.25) is 5.91 Å². The summed E-state index contributed by atoms with van der Waals surface area (Å²) < 4.78 is 11.4. The minimum Gasteiger partial charge on any atom is -0.493 e. The standard InChI is InChI=1S/C21H31NO5/c1-14(24)21(2)13-22(20(25)12-23)11-17(21)16-6-7-18(26-3)19(10-16)27-9-8-15-4-5-15/h6-7,10,14-15,17,23-24H,4-5,8-9,11-13H2,1-3H3. The van der Waals surface area contributed by atoms with Crippen LogP contribution in [0, 0.1) is 11.3 Å². The highest BCUT2D eigenvalue weighted by molar-refractivity contribution is 5.77. The molecule has 27 heavy (non-hydrogen) atoms. The van der Waals surface area contributed by atoms with Gasteiger partial charge in [0.1, 0.15) is 6.61 Å². The Balaban J connectivity index is 1.84. The summed E-state index contributed by atoms with van der Waals surface area (Å²) in [4.78, 5) is 13.7. The molecule has 0 radical (unpaired) electrons. The van der Waals surface area contributed by atoms with E-state index >= 15 is 0 Å². The number of aliphatic hydroxyl groups is 2. The van der Waals surface area contributed by atoms with Crippen LogP contribution in [0.25, 0.3) is 0 Å². The number of amides is 1. The number of aliphatic hydroxyl groups excluding tert-OH is 2. The molecule has 1 saturated carbocycles. The molecule has 1 aliphatic heterocycles. The summed E-state index contributed by atoms with van der Waals surface area (Å²) in [5.74, 6) is 1.83. The molecular formula is C21H31NO5. The van der Waals surface area contributed by atoms with Gasteiger partial charge in [-0.25, -0.2) is 0 Å². The van der Waals surface area contributed by atoms with Crippen molar-refractivity contribution in [3.05, 3.63) is 23.8 Å². The van der Waals surface area contributed by atoms with E-state index in [0.717, 1.165) is 17.9 Å². The number of rotatable bonds is 8. The van der Waals surface area contributed by atoms with Crippen molar-refractivity contribution in [1.29, 1.82) is 0 Å². The second-order valence-electron chi connectivity index (χ2n) is 8.16. The molecule has 1 heterocycles. The first kappa shape index (κ1) is 20.0. The van der Waals surface area contributed by atoms with Crippen molar-refractivity contribution < 1.29 is 24.5 Å². The maximum Gasteiger partial charge on any atom is 0.248 e. The molecule has 2 aliphatic rings. The maximum atomic E-state index is 12.0. The zero-order valence-electron chi connectivity index (χ0n) is 16.5. The number of carbonyl (C=O) groups excluding carboxylic acids is 1. The molecular weight excluding hydrogens is 346 g/mol. The number of hydrogen-bond donors (Lipinski definition) is 2. The summed E-state index contributed by atoms with van der Waals surface area (Å²) in [5.41, 5.74) is 0.513. The van der Waals surface area contributed by atoms with Crippen molar-refractivity contribution in [3.8, 4) is 11.5 Å². The summed E-state index contributed by atoms with van der Waals surface area (Å²) in [6, 6.07) is 5.84. The van der Waals surface area contributed by atoms with Gasteiger partial charge >= 0.3 is 0 Å². The van der Waals surface area contributed by atoms with Crippen molar-refractivity contribution >= 4 is 5.91 Å². The molecule has 2 N–H and O–H groups in total. The molecule has 1 saturated heterocycles. The molecule has 3 unspecified atom stereocenters. The third-order valence-corrected chi connectivity index (χ3v) is 6.24. The lowest BCUT2D eigenvalue weighted by molar-refractivity contribution is -0.133. The van der Waals surface area contributed by atoms with E-state index in [2.05, 4.69) is 0 Å². The van der Waals surface area contributed by atoms with Gasteiger partial charge in [0.25, 0.3) is 0 Å². The Morgan fingerprint density at radius 3 is 2.70 bits per heavy atom. The Bertz CT molecular complexity index is 673. The van der Waals surface area contributed by atoms with E-state index in [1.807, 2.05) is 25.1 Å². The Morgan fingerprint density at radius 2 is 2.11 bits per heavy atom. The maximum absolute atomic E-state index is 12.0. The lowest BCUT2D eigenvalue weighted by Gasteiger charge is -2.33. The summed E-state index contributed by atoms with van der Waals surface area (Å²) >= 11 is 0. The van der Waals surface area contributed by atoms with Gasteiger partial charge in [0.05, 0.1) is 19.8 Å². The van der Waals surface area contributed by atoms with Gasteiger partial charge in [-0.05, 0) is 37.0 Å². The van der Waals surface area contributed by atoms with E-state index in [0.29, 0.717) is 31.2 Å². The predicted octanol–water partition coefficient (Wildman–Crippen LogP) is 2.18. The fraction of sp³-hybridized carbons (Fsp3) is 0.667. The highest BCUT2D eigenvalue weighted by Crippen LogP contribution is 2.46. The lowest BCUT2D eigenvalue weighted by atomic mass is 9.72. The van der Waals surface area contributed by atoms with Crippen LogP contribution in [-0.4, -0.2) is 60.5 Å². The quantitative estimate of drug-likeness (QED) is 0.726. The second-order valence-corrected chi connectivity index (χ2v) is 8.16. The SMILES string of the molecule is COc1ccc(C2CN(C(=O)CO)CC2(C)C(C)O)cc1OCCC1CC1.